The fourth-order valence-electron chi connectivity index (χ4n) is 1.13. The average molecular weight is 180 g/mol. The number of thioether (sulfide) groups is 1. The first-order valence-electron chi connectivity index (χ1n) is 3.55. The maximum Gasteiger partial charge on any atom is 0.276 e. The molecule has 0 aliphatic heterocycles. The van der Waals surface area contributed by atoms with Gasteiger partial charge in [0.05, 0.1) is 10.4 Å². The van der Waals surface area contributed by atoms with Crippen molar-refractivity contribution in [3.63, 3.8) is 0 Å². The highest BCUT2D eigenvalue weighted by atomic mass is 32.2. The Hall–Kier alpha value is -1.16. The molecule has 0 aliphatic rings. The minimum Gasteiger partial charge on any atom is -0.267 e. The van der Waals surface area contributed by atoms with Crippen LogP contribution in [-0.4, -0.2) is 15.9 Å². The lowest BCUT2D eigenvalue weighted by molar-refractivity contribution is 0.882. The van der Waals surface area contributed by atoms with E-state index in [-0.39, 0.29) is 5.56 Å². The summed E-state index contributed by atoms with van der Waals surface area (Å²) in [4.78, 5) is 12.0. The van der Waals surface area contributed by atoms with Crippen LogP contribution in [-0.2, 0) is 0 Å². The molecule has 0 unspecified atom stereocenters. The summed E-state index contributed by atoms with van der Waals surface area (Å²) >= 11 is 1.46. The van der Waals surface area contributed by atoms with Gasteiger partial charge in [-0.3, -0.25) is 14.4 Å². The van der Waals surface area contributed by atoms with Gasteiger partial charge in [0.1, 0.15) is 0 Å². The van der Waals surface area contributed by atoms with E-state index in [1.165, 1.54) is 11.8 Å². The van der Waals surface area contributed by atoms with Crippen LogP contribution in [0, 0.1) is 0 Å². The Morgan fingerprint density at radius 1 is 1.58 bits per heavy atom. The summed E-state index contributed by atoms with van der Waals surface area (Å²) in [6.45, 7) is 0. The van der Waals surface area contributed by atoms with Crippen molar-refractivity contribution in [2.24, 2.45) is 0 Å². The van der Waals surface area contributed by atoms with E-state index in [1.54, 1.807) is 4.52 Å². The molecule has 0 aliphatic carbocycles. The van der Waals surface area contributed by atoms with Crippen LogP contribution in [0.25, 0.3) is 5.52 Å². The smallest absolute Gasteiger partial charge is 0.267 e. The third-order valence-electron chi connectivity index (χ3n) is 1.72. The number of nitrogens with zero attached hydrogens (tertiary/aromatic N) is 1. The van der Waals surface area contributed by atoms with Gasteiger partial charge in [0.2, 0.25) is 0 Å². The fraction of sp³-hybridized carbons (Fsp3) is 0.125. The zero-order valence-corrected chi connectivity index (χ0v) is 7.39. The summed E-state index contributed by atoms with van der Waals surface area (Å²) in [6.07, 6.45) is 3.71. The van der Waals surface area contributed by atoms with Crippen molar-refractivity contribution >= 4 is 17.3 Å². The highest BCUT2D eigenvalue weighted by Crippen LogP contribution is 2.10. The fourth-order valence-corrected chi connectivity index (χ4v) is 1.60. The number of hydrogen-bond donors (Lipinski definition) is 1. The van der Waals surface area contributed by atoms with Gasteiger partial charge < -0.3 is 0 Å². The summed E-state index contributed by atoms with van der Waals surface area (Å²) in [6, 6.07) is 5.73. The number of nitrogens with one attached hydrogen (secondary N) is 1. The van der Waals surface area contributed by atoms with E-state index in [9.17, 15) is 4.79 Å². The Labute approximate surface area is 73.4 Å². The topological polar surface area (TPSA) is 37.3 Å². The number of hydrogen-bond acceptors (Lipinski definition) is 2. The molecule has 4 heteroatoms. The zero-order chi connectivity index (χ0) is 8.55. The van der Waals surface area contributed by atoms with Crippen molar-refractivity contribution in [1.82, 2.24) is 9.61 Å². The van der Waals surface area contributed by atoms with Gasteiger partial charge in [0, 0.05) is 6.20 Å². The van der Waals surface area contributed by atoms with Crippen LogP contribution >= 0.6 is 11.8 Å². The largest absolute Gasteiger partial charge is 0.276 e. The molecule has 0 saturated heterocycles. The molecule has 1 N–H and O–H groups in total. The quantitative estimate of drug-likeness (QED) is 0.672. The Morgan fingerprint density at radius 2 is 2.42 bits per heavy atom. The van der Waals surface area contributed by atoms with Crippen LogP contribution in [0.15, 0.2) is 34.1 Å². The molecule has 0 atom stereocenters. The van der Waals surface area contributed by atoms with Crippen LogP contribution in [0.3, 0.4) is 0 Å². The molecule has 0 aromatic carbocycles. The molecule has 0 saturated carbocycles. The summed E-state index contributed by atoms with van der Waals surface area (Å²) in [7, 11) is 0. The minimum atomic E-state index is -0.0359. The first-order chi connectivity index (χ1) is 5.81. The zero-order valence-electron chi connectivity index (χ0n) is 6.57. The van der Waals surface area contributed by atoms with Crippen molar-refractivity contribution in [2.75, 3.05) is 6.26 Å². The van der Waals surface area contributed by atoms with E-state index in [0.29, 0.717) is 0 Å². The van der Waals surface area contributed by atoms with Gasteiger partial charge in [-0.25, -0.2) is 0 Å². The van der Waals surface area contributed by atoms with E-state index in [2.05, 4.69) is 5.10 Å². The predicted molar refractivity (Wildman–Crippen MR) is 49.8 cm³/mol. The monoisotopic (exact) mass is 180 g/mol. The first kappa shape index (κ1) is 7.49. The van der Waals surface area contributed by atoms with Gasteiger partial charge in [0.25, 0.3) is 5.56 Å². The van der Waals surface area contributed by atoms with Crippen molar-refractivity contribution < 1.29 is 0 Å². The third-order valence-corrected chi connectivity index (χ3v) is 2.47. The lowest BCUT2D eigenvalue weighted by atomic mass is 10.4. The minimum absolute atomic E-state index is 0.0359. The second kappa shape index (κ2) is 2.71. The molecule has 0 spiro atoms. The predicted octanol–water partition coefficient (Wildman–Crippen LogP) is 1.35. The first-order valence-corrected chi connectivity index (χ1v) is 4.78. The summed E-state index contributed by atoms with van der Waals surface area (Å²) < 4.78 is 1.71. The molecule has 2 aromatic rings. The Balaban J connectivity index is 2.82. The molecule has 0 fully saturated rings. The van der Waals surface area contributed by atoms with Crippen LogP contribution < -0.4 is 5.56 Å². The number of aromatic nitrogens is 2. The molecule has 12 heavy (non-hydrogen) atoms. The van der Waals surface area contributed by atoms with Crippen molar-refractivity contribution in [3.05, 3.63) is 34.7 Å². The van der Waals surface area contributed by atoms with Crippen LogP contribution in [0.1, 0.15) is 0 Å². The van der Waals surface area contributed by atoms with Crippen molar-refractivity contribution in [3.8, 4) is 0 Å². The maximum absolute atomic E-state index is 11.3. The molecule has 0 bridgehead atoms. The lowest BCUT2D eigenvalue weighted by Gasteiger charge is -1.97. The van der Waals surface area contributed by atoms with Gasteiger partial charge in [-0.1, -0.05) is 0 Å². The molecule has 2 heterocycles. The highest BCUT2D eigenvalue weighted by Gasteiger charge is 1.99. The van der Waals surface area contributed by atoms with Crippen LogP contribution in [0.5, 0.6) is 0 Å². The molecule has 0 radical (unpaired) electrons. The molecule has 3 nitrogen and oxygen atoms in total. The Kier molecular flexibility index (Phi) is 1.69. The Bertz CT molecular complexity index is 457. The van der Waals surface area contributed by atoms with Crippen molar-refractivity contribution in [2.45, 2.75) is 4.90 Å². The molecule has 0 amide bonds. The summed E-state index contributed by atoms with van der Waals surface area (Å²) in [5, 5.41) is 2.73. The number of fused-ring (bicyclic) bond motifs is 1. The molecule has 2 rings (SSSR count). The third kappa shape index (κ3) is 1.04. The van der Waals surface area contributed by atoms with E-state index in [4.69, 9.17) is 0 Å². The van der Waals surface area contributed by atoms with E-state index in [1.807, 2.05) is 30.7 Å². The van der Waals surface area contributed by atoms with Crippen LogP contribution in [0.2, 0.25) is 0 Å². The standard InChI is InChI=1S/C8H8N2OS/c1-12-7-5-6-3-2-4-10(6)9-8(7)11/h2-5H,1H3,(H,9,11). The Morgan fingerprint density at radius 3 is 3.17 bits per heavy atom. The number of H-pyrrole nitrogens is 1. The van der Waals surface area contributed by atoms with Gasteiger partial charge in [-0.2, -0.15) is 0 Å². The molecule has 62 valence electrons. The highest BCUT2D eigenvalue weighted by molar-refractivity contribution is 7.98. The number of aromatic amines is 1. The van der Waals surface area contributed by atoms with Gasteiger partial charge >= 0.3 is 0 Å². The van der Waals surface area contributed by atoms with Gasteiger partial charge in [0.15, 0.2) is 0 Å². The summed E-state index contributed by atoms with van der Waals surface area (Å²) in [5.74, 6) is 0. The van der Waals surface area contributed by atoms with Gasteiger partial charge in [-0.05, 0) is 24.5 Å². The molecular weight excluding hydrogens is 172 g/mol. The van der Waals surface area contributed by atoms with E-state index >= 15 is 0 Å². The van der Waals surface area contributed by atoms with Crippen molar-refractivity contribution in [1.29, 1.82) is 0 Å². The molecular formula is C8H8N2OS. The van der Waals surface area contributed by atoms with Gasteiger partial charge in [-0.15, -0.1) is 11.8 Å². The maximum atomic E-state index is 11.3. The van der Waals surface area contributed by atoms with Crippen LogP contribution in [0.4, 0.5) is 0 Å². The SMILES string of the molecule is CSc1cc2cccn2[nH]c1=O. The van der Waals surface area contributed by atoms with E-state index < -0.39 is 0 Å². The summed E-state index contributed by atoms with van der Waals surface area (Å²) in [5.41, 5.74) is 0.977. The second-order valence-corrected chi connectivity index (χ2v) is 3.30. The second-order valence-electron chi connectivity index (χ2n) is 2.46. The number of rotatable bonds is 1. The normalized spacial score (nSPS) is 10.8. The average Bonchev–Trinajstić information content (AvgIpc) is 2.49. The van der Waals surface area contributed by atoms with E-state index in [0.717, 1.165) is 10.4 Å². The molecule has 2 aromatic heterocycles. The lowest BCUT2D eigenvalue weighted by Crippen LogP contribution is -2.11.